The molecule has 4 rings (SSSR count). The van der Waals surface area contributed by atoms with Crippen molar-refractivity contribution in [1.29, 1.82) is 0 Å². The molecule has 0 radical (unpaired) electrons. The highest BCUT2D eigenvalue weighted by atomic mass is 19.3. The molecule has 6 nitrogen and oxygen atoms in total. The molecule has 1 atom stereocenters. The Morgan fingerprint density at radius 1 is 1.13 bits per heavy atom. The molecule has 0 saturated carbocycles. The zero-order valence-electron chi connectivity index (χ0n) is 17.1. The molecular formula is C22H20F3N5O. The molecule has 9 heteroatoms. The van der Waals surface area contributed by atoms with E-state index in [1.807, 2.05) is 6.07 Å². The lowest BCUT2D eigenvalue weighted by Gasteiger charge is -2.19. The summed E-state index contributed by atoms with van der Waals surface area (Å²) in [6.07, 6.45) is 2.21. The summed E-state index contributed by atoms with van der Waals surface area (Å²) in [4.78, 5) is 13.0. The number of aromatic nitrogens is 4. The molecule has 0 spiro atoms. The van der Waals surface area contributed by atoms with Crippen LogP contribution in [0.5, 0.6) is 5.75 Å². The Kier molecular flexibility index (Phi) is 5.50. The number of fused-ring (bicyclic) bond motifs is 1. The third kappa shape index (κ3) is 3.90. The first kappa shape index (κ1) is 20.6. The van der Waals surface area contributed by atoms with Crippen LogP contribution in [0.25, 0.3) is 16.6 Å². The molecule has 0 unspecified atom stereocenters. The minimum Gasteiger partial charge on any atom is -0.495 e. The van der Waals surface area contributed by atoms with Crippen LogP contribution in [0.4, 0.5) is 19.0 Å². The van der Waals surface area contributed by atoms with Gasteiger partial charge in [0, 0.05) is 23.3 Å². The van der Waals surface area contributed by atoms with Crippen LogP contribution >= 0.6 is 0 Å². The van der Waals surface area contributed by atoms with Crippen molar-refractivity contribution in [2.24, 2.45) is 0 Å². The highest BCUT2D eigenvalue weighted by Crippen LogP contribution is 2.34. The van der Waals surface area contributed by atoms with Crippen LogP contribution in [-0.2, 0) is 0 Å². The number of ether oxygens (including phenoxy) is 1. The lowest BCUT2D eigenvalue weighted by atomic mass is 10.0. The van der Waals surface area contributed by atoms with Crippen molar-refractivity contribution in [3.05, 3.63) is 71.8 Å². The number of nitrogens with one attached hydrogen (secondary N) is 1. The van der Waals surface area contributed by atoms with Gasteiger partial charge in [-0.15, -0.1) is 0 Å². The molecule has 0 aliphatic carbocycles. The fraction of sp³-hybridized carbons (Fsp3) is 0.227. The lowest BCUT2D eigenvalue weighted by molar-refractivity contribution is 0.146. The maximum Gasteiger partial charge on any atom is 0.266 e. The van der Waals surface area contributed by atoms with E-state index >= 15 is 0 Å². The Morgan fingerprint density at radius 2 is 1.90 bits per heavy atom. The van der Waals surface area contributed by atoms with Gasteiger partial charge in [-0.25, -0.2) is 28.1 Å². The molecule has 0 saturated heterocycles. The summed E-state index contributed by atoms with van der Waals surface area (Å²) in [5, 5.41) is 3.80. The van der Waals surface area contributed by atoms with Crippen molar-refractivity contribution in [1.82, 2.24) is 19.5 Å². The van der Waals surface area contributed by atoms with E-state index in [9.17, 15) is 13.2 Å². The number of rotatable bonds is 6. The number of nitrogens with zero attached hydrogens (tertiary/aromatic N) is 4. The fourth-order valence-electron chi connectivity index (χ4n) is 3.49. The SMILES string of the molecule is COc1cc2c(N[C@H](C)c3cccc(C(F)F)c3F)nc(C)nc2cc1-n1ccnc1. The van der Waals surface area contributed by atoms with Crippen molar-refractivity contribution >= 4 is 16.7 Å². The Morgan fingerprint density at radius 3 is 2.58 bits per heavy atom. The third-order valence-electron chi connectivity index (χ3n) is 5.00. The monoisotopic (exact) mass is 427 g/mol. The van der Waals surface area contributed by atoms with Gasteiger partial charge in [-0.3, -0.25) is 0 Å². The van der Waals surface area contributed by atoms with Crippen LogP contribution in [0, 0.1) is 12.7 Å². The van der Waals surface area contributed by atoms with Crippen LogP contribution in [0.2, 0.25) is 0 Å². The molecule has 0 fully saturated rings. The summed E-state index contributed by atoms with van der Waals surface area (Å²) >= 11 is 0. The first-order chi connectivity index (χ1) is 14.9. The number of anilines is 1. The minimum absolute atomic E-state index is 0.129. The molecule has 0 amide bonds. The van der Waals surface area contributed by atoms with Gasteiger partial charge in [-0.2, -0.15) is 0 Å². The van der Waals surface area contributed by atoms with Crippen LogP contribution in [0.3, 0.4) is 0 Å². The Balaban J connectivity index is 1.79. The Hall–Kier alpha value is -3.62. The zero-order chi connectivity index (χ0) is 22.1. The number of methoxy groups -OCH3 is 1. The first-order valence-corrected chi connectivity index (χ1v) is 9.56. The molecule has 2 aromatic heterocycles. The van der Waals surface area contributed by atoms with Crippen molar-refractivity contribution in [2.75, 3.05) is 12.4 Å². The Bertz CT molecular complexity index is 1230. The summed E-state index contributed by atoms with van der Waals surface area (Å²) in [6.45, 7) is 3.43. The first-order valence-electron chi connectivity index (χ1n) is 9.56. The molecule has 2 heterocycles. The number of alkyl halides is 2. The zero-order valence-corrected chi connectivity index (χ0v) is 17.1. The van der Waals surface area contributed by atoms with E-state index in [0.29, 0.717) is 28.3 Å². The fourth-order valence-corrected chi connectivity index (χ4v) is 3.49. The van der Waals surface area contributed by atoms with E-state index in [2.05, 4.69) is 20.3 Å². The molecule has 2 aromatic carbocycles. The summed E-state index contributed by atoms with van der Waals surface area (Å²) in [5.74, 6) is 0.602. The number of imidazole rings is 1. The molecule has 0 bridgehead atoms. The van der Waals surface area contributed by atoms with Crippen molar-refractivity contribution in [3.8, 4) is 11.4 Å². The molecule has 160 valence electrons. The highest BCUT2D eigenvalue weighted by Gasteiger charge is 2.21. The average molecular weight is 427 g/mol. The maximum atomic E-state index is 14.6. The molecule has 31 heavy (non-hydrogen) atoms. The van der Waals surface area contributed by atoms with Crippen LogP contribution in [-0.4, -0.2) is 26.6 Å². The van der Waals surface area contributed by atoms with Gasteiger partial charge in [0.2, 0.25) is 0 Å². The number of aryl methyl sites for hydroxylation is 1. The predicted molar refractivity (Wildman–Crippen MR) is 111 cm³/mol. The summed E-state index contributed by atoms with van der Waals surface area (Å²) in [7, 11) is 1.55. The number of halogens is 3. The van der Waals surface area contributed by atoms with Crippen molar-refractivity contribution in [2.45, 2.75) is 26.3 Å². The van der Waals surface area contributed by atoms with Crippen LogP contribution in [0.15, 0.2) is 49.1 Å². The quantitative estimate of drug-likeness (QED) is 0.447. The van der Waals surface area contributed by atoms with Gasteiger partial charge in [0.05, 0.1) is 36.2 Å². The van der Waals surface area contributed by atoms with Gasteiger partial charge in [0.25, 0.3) is 6.43 Å². The van der Waals surface area contributed by atoms with Gasteiger partial charge in [-0.05, 0) is 26.0 Å². The van der Waals surface area contributed by atoms with E-state index in [1.165, 1.54) is 12.1 Å². The number of benzene rings is 2. The molecule has 0 aliphatic heterocycles. The van der Waals surface area contributed by atoms with E-state index in [0.717, 1.165) is 11.8 Å². The van der Waals surface area contributed by atoms with Crippen molar-refractivity contribution in [3.63, 3.8) is 0 Å². The van der Waals surface area contributed by atoms with Crippen molar-refractivity contribution < 1.29 is 17.9 Å². The number of hydrogen-bond acceptors (Lipinski definition) is 5. The average Bonchev–Trinajstić information content (AvgIpc) is 3.27. The molecule has 0 aliphatic rings. The minimum atomic E-state index is -2.89. The summed E-state index contributed by atoms with van der Waals surface area (Å²) < 4.78 is 48.1. The van der Waals surface area contributed by atoms with Gasteiger partial charge in [0.1, 0.15) is 23.2 Å². The maximum absolute atomic E-state index is 14.6. The second-order valence-corrected chi connectivity index (χ2v) is 7.05. The van der Waals surface area contributed by atoms with Gasteiger partial charge in [0.15, 0.2) is 0 Å². The van der Waals surface area contributed by atoms with E-state index < -0.39 is 23.8 Å². The van der Waals surface area contributed by atoms with Gasteiger partial charge in [-0.1, -0.05) is 18.2 Å². The van der Waals surface area contributed by atoms with E-state index in [-0.39, 0.29) is 5.56 Å². The lowest BCUT2D eigenvalue weighted by Crippen LogP contribution is -2.12. The molecule has 1 N–H and O–H groups in total. The van der Waals surface area contributed by atoms with Gasteiger partial charge < -0.3 is 14.6 Å². The third-order valence-corrected chi connectivity index (χ3v) is 5.00. The van der Waals surface area contributed by atoms with E-state index in [4.69, 9.17) is 4.74 Å². The largest absolute Gasteiger partial charge is 0.495 e. The predicted octanol–water partition coefficient (Wildman–Crippen LogP) is 5.38. The van der Waals surface area contributed by atoms with Crippen LogP contribution in [0.1, 0.15) is 36.3 Å². The summed E-state index contributed by atoms with van der Waals surface area (Å²) in [6, 6.07) is 7.00. The Labute approximate surface area is 176 Å². The van der Waals surface area contributed by atoms with Gasteiger partial charge >= 0.3 is 0 Å². The number of hydrogen-bond donors (Lipinski definition) is 1. The summed E-state index contributed by atoms with van der Waals surface area (Å²) in [5.41, 5.74) is 0.902. The highest BCUT2D eigenvalue weighted by molar-refractivity contribution is 5.92. The van der Waals surface area contributed by atoms with Crippen LogP contribution < -0.4 is 10.1 Å². The standard InChI is InChI=1S/C22H20F3N5O/c1-12(14-5-4-6-15(20(14)23)21(24)25)27-22-16-9-19(31-3)18(30-8-7-26-11-30)10-17(16)28-13(2)29-22/h4-12,21H,1-3H3,(H,27,28,29)/t12-/m1/s1. The van der Waals surface area contributed by atoms with E-state index in [1.54, 1.807) is 50.3 Å². The second kappa shape index (κ2) is 8.25. The second-order valence-electron chi connectivity index (χ2n) is 7.05. The molecule has 4 aromatic rings. The topological polar surface area (TPSA) is 64.9 Å². The smallest absolute Gasteiger partial charge is 0.266 e. The molecular weight excluding hydrogens is 407 g/mol. The normalized spacial score (nSPS) is 12.4.